The van der Waals surface area contributed by atoms with Crippen LogP contribution in [0.25, 0.3) is 10.1 Å². The molecule has 0 spiro atoms. The highest BCUT2D eigenvalue weighted by Crippen LogP contribution is 2.27. The molecule has 1 aromatic heterocycles. The lowest BCUT2D eigenvalue weighted by molar-refractivity contribution is -0.173. The van der Waals surface area contributed by atoms with Gasteiger partial charge in [0, 0.05) is 11.2 Å². The number of rotatable bonds is 4. The van der Waals surface area contributed by atoms with Gasteiger partial charge in [-0.25, -0.2) is 0 Å². The standard InChI is InChI=1S/C14H14F3NOS/c1-2-9-3-4-12-11(7-9)10(8-20-12)5-6-18-13(19)14(15,16)17/h3-4,7-8H,2,5-6H2,1H3,(H,18,19). The maximum atomic E-state index is 12.1. The number of halogens is 3. The van der Waals surface area contributed by atoms with Gasteiger partial charge in [-0.3, -0.25) is 4.79 Å². The largest absolute Gasteiger partial charge is 0.471 e. The molecular weight excluding hydrogens is 287 g/mol. The fraction of sp³-hybridized carbons (Fsp3) is 0.357. The molecule has 0 atom stereocenters. The molecule has 0 unspecified atom stereocenters. The first-order chi connectivity index (χ1) is 9.41. The summed E-state index contributed by atoms with van der Waals surface area (Å²) in [5, 5.41) is 4.89. The minimum Gasteiger partial charge on any atom is -0.348 e. The van der Waals surface area contributed by atoms with Crippen LogP contribution in [0.15, 0.2) is 23.6 Å². The van der Waals surface area contributed by atoms with Crippen molar-refractivity contribution in [1.29, 1.82) is 0 Å². The number of alkyl halides is 3. The van der Waals surface area contributed by atoms with Crippen LogP contribution in [0.4, 0.5) is 13.2 Å². The summed E-state index contributed by atoms with van der Waals surface area (Å²) in [4.78, 5) is 10.7. The molecule has 0 aliphatic rings. The van der Waals surface area contributed by atoms with Gasteiger partial charge >= 0.3 is 12.1 Å². The molecule has 0 aliphatic carbocycles. The molecule has 108 valence electrons. The van der Waals surface area contributed by atoms with Crippen LogP contribution in [0.1, 0.15) is 18.1 Å². The van der Waals surface area contributed by atoms with E-state index >= 15 is 0 Å². The summed E-state index contributed by atoms with van der Waals surface area (Å²) in [6.07, 6.45) is -3.50. The van der Waals surface area contributed by atoms with Crippen molar-refractivity contribution in [3.05, 3.63) is 34.7 Å². The molecule has 1 aromatic carbocycles. The van der Waals surface area contributed by atoms with Gasteiger partial charge in [-0.15, -0.1) is 11.3 Å². The van der Waals surface area contributed by atoms with Crippen molar-refractivity contribution in [3.63, 3.8) is 0 Å². The second-order valence-corrected chi connectivity index (χ2v) is 5.36. The van der Waals surface area contributed by atoms with Crippen molar-refractivity contribution in [3.8, 4) is 0 Å². The van der Waals surface area contributed by atoms with Crippen molar-refractivity contribution in [2.45, 2.75) is 25.9 Å². The number of nitrogens with one attached hydrogen (secondary N) is 1. The maximum absolute atomic E-state index is 12.1. The van der Waals surface area contributed by atoms with Gasteiger partial charge in [0.1, 0.15) is 0 Å². The van der Waals surface area contributed by atoms with E-state index in [1.165, 1.54) is 5.56 Å². The Morgan fingerprint density at radius 3 is 2.75 bits per heavy atom. The van der Waals surface area contributed by atoms with Crippen molar-refractivity contribution in [2.75, 3.05) is 6.54 Å². The van der Waals surface area contributed by atoms with E-state index in [0.29, 0.717) is 6.42 Å². The minimum atomic E-state index is -4.81. The van der Waals surface area contributed by atoms with Gasteiger partial charge in [0.05, 0.1) is 0 Å². The summed E-state index contributed by atoms with van der Waals surface area (Å²) in [5.74, 6) is -1.88. The van der Waals surface area contributed by atoms with Crippen LogP contribution < -0.4 is 5.32 Å². The Balaban J connectivity index is 2.05. The van der Waals surface area contributed by atoms with E-state index in [-0.39, 0.29) is 6.54 Å². The van der Waals surface area contributed by atoms with Gasteiger partial charge in [-0.2, -0.15) is 13.2 Å². The van der Waals surface area contributed by atoms with Crippen LogP contribution in [0.5, 0.6) is 0 Å². The van der Waals surface area contributed by atoms with Crippen molar-refractivity contribution >= 4 is 27.3 Å². The number of hydrogen-bond acceptors (Lipinski definition) is 2. The quantitative estimate of drug-likeness (QED) is 0.917. The van der Waals surface area contributed by atoms with Crippen molar-refractivity contribution < 1.29 is 18.0 Å². The van der Waals surface area contributed by atoms with E-state index in [0.717, 1.165) is 22.1 Å². The molecule has 0 bridgehead atoms. The summed E-state index contributed by atoms with van der Waals surface area (Å²) in [5.41, 5.74) is 2.17. The molecule has 2 aromatic rings. The van der Waals surface area contributed by atoms with Crippen LogP contribution in [0.2, 0.25) is 0 Å². The minimum absolute atomic E-state index is 0.0134. The summed E-state index contributed by atoms with van der Waals surface area (Å²) >= 11 is 1.56. The zero-order valence-corrected chi connectivity index (χ0v) is 11.7. The molecule has 0 saturated carbocycles. The molecule has 6 heteroatoms. The monoisotopic (exact) mass is 301 g/mol. The van der Waals surface area contributed by atoms with Gasteiger partial charge in [0.15, 0.2) is 0 Å². The molecule has 2 nitrogen and oxygen atoms in total. The van der Waals surface area contributed by atoms with E-state index in [2.05, 4.69) is 13.0 Å². The molecule has 0 aliphatic heterocycles. The normalized spacial score (nSPS) is 11.8. The van der Waals surface area contributed by atoms with Crippen LogP contribution in [-0.4, -0.2) is 18.6 Å². The summed E-state index contributed by atoms with van der Waals surface area (Å²) < 4.78 is 37.3. The number of aryl methyl sites for hydroxylation is 1. The van der Waals surface area contributed by atoms with Crippen molar-refractivity contribution in [1.82, 2.24) is 5.32 Å². The summed E-state index contributed by atoms with van der Waals surface area (Å²) in [6, 6.07) is 6.14. The third-order valence-electron chi connectivity index (χ3n) is 3.06. The fourth-order valence-electron chi connectivity index (χ4n) is 1.95. The van der Waals surface area contributed by atoms with E-state index in [1.807, 2.05) is 22.8 Å². The lowest BCUT2D eigenvalue weighted by atomic mass is 10.1. The first-order valence-electron chi connectivity index (χ1n) is 6.26. The second kappa shape index (κ2) is 5.83. The molecule has 0 radical (unpaired) electrons. The average molecular weight is 301 g/mol. The third-order valence-corrected chi connectivity index (χ3v) is 4.08. The summed E-state index contributed by atoms with van der Waals surface area (Å²) in [7, 11) is 0. The fourth-order valence-corrected chi connectivity index (χ4v) is 2.93. The predicted molar refractivity (Wildman–Crippen MR) is 74.0 cm³/mol. The van der Waals surface area contributed by atoms with Gasteiger partial charge in [0.25, 0.3) is 0 Å². The van der Waals surface area contributed by atoms with Gasteiger partial charge in [0.2, 0.25) is 0 Å². The molecule has 1 amide bonds. The van der Waals surface area contributed by atoms with Crippen molar-refractivity contribution in [2.24, 2.45) is 0 Å². The Bertz CT molecular complexity index is 618. The molecule has 0 fully saturated rings. The van der Waals surface area contributed by atoms with Crippen LogP contribution in [0.3, 0.4) is 0 Å². The Hall–Kier alpha value is -1.56. The van der Waals surface area contributed by atoms with E-state index in [1.54, 1.807) is 11.3 Å². The molecule has 2 rings (SSSR count). The Labute approximate surface area is 118 Å². The Kier molecular flexibility index (Phi) is 4.32. The highest BCUT2D eigenvalue weighted by atomic mass is 32.1. The lowest BCUT2D eigenvalue weighted by Gasteiger charge is -2.07. The number of carbonyl (C=O) groups is 1. The molecule has 0 saturated heterocycles. The average Bonchev–Trinajstić information content (AvgIpc) is 2.80. The van der Waals surface area contributed by atoms with E-state index < -0.39 is 12.1 Å². The lowest BCUT2D eigenvalue weighted by Crippen LogP contribution is -2.37. The third kappa shape index (κ3) is 3.30. The number of amides is 1. The number of carbonyl (C=O) groups excluding carboxylic acids is 1. The topological polar surface area (TPSA) is 29.1 Å². The Morgan fingerprint density at radius 1 is 1.35 bits per heavy atom. The zero-order chi connectivity index (χ0) is 14.8. The first-order valence-corrected chi connectivity index (χ1v) is 7.14. The van der Waals surface area contributed by atoms with E-state index in [9.17, 15) is 18.0 Å². The number of thiophene rings is 1. The zero-order valence-electron chi connectivity index (χ0n) is 10.9. The van der Waals surface area contributed by atoms with Crippen LogP contribution in [-0.2, 0) is 17.6 Å². The molecule has 20 heavy (non-hydrogen) atoms. The smallest absolute Gasteiger partial charge is 0.348 e. The molecular formula is C14H14F3NOS. The van der Waals surface area contributed by atoms with E-state index in [4.69, 9.17) is 0 Å². The second-order valence-electron chi connectivity index (χ2n) is 4.45. The predicted octanol–water partition coefficient (Wildman–Crippen LogP) is 3.68. The summed E-state index contributed by atoms with van der Waals surface area (Å²) in [6.45, 7) is 2.04. The maximum Gasteiger partial charge on any atom is 0.471 e. The number of benzene rings is 1. The Morgan fingerprint density at radius 2 is 2.10 bits per heavy atom. The first kappa shape index (κ1) is 14.8. The van der Waals surface area contributed by atoms with Gasteiger partial charge in [-0.1, -0.05) is 19.1 Å². The highest BCUT2D eigenvalue weighted by Gasteiger charge is 2.38. The molecule has 1 N–H and O–H groups in total. The van der Waals surface area contributed by atoms with Crippen LogP contribution >= 0.6 is 11.3 Å². The molecule has 1 heterocycles. The SMILES string of the molecule is CCc1ccc2scc(CCNC(=O)C(F)(F)F)c2c1. The number of hydrogen-bond donors (Lipinski definition) is 1. The highest BCUT2D eigenvalue weighted by molar-refractivity contribution is 7.17. The van der Waals surface area contributed by atoms with Gasteiger partial charge in [-0.05, 0) is 40.8 Å². The van der Waals surface area contributed by atoms with Gasteiger partial charge < -0.3 is 5.32 Å². The number of fused-ring (bicyclic) bond motifs is 1. The van der Waals surface area contributed by atoms with Crippen LogP contribution in [0, 0.1) is 0 Å².